The van der Waals surface area contributed by atoms with Gasteiger partial charge in [0.15, 0.2) is 11.8 Å². The number of hydrogen-bond acceptors (Lipinski definition) is 3. The fraction of sp³-hybridized carbons (Fsp3) is 0.571. The van der Waals surface area contributed by atoms with E-state index in [-0.39, 0.29) is 0 Å². The van der Waals surface area contributed by atoms with Gasteiger partial charge in [0.25, 0.3) is 0 Å². The van der Waals surface area contributed by atoms with Crippen LogP contribution < -0.4 is 10.6 Å². The lowest BCUT2D eigenvalue weighted by molar-refractivity contribution is 0.610. The molecule has 0 saturated heterocycles. The van der Waals surface area contributed by atoms with Crippen LogP contribution in [0.2, 0.25) is 0 Å². The molecule has 1 saturated carbocycles. The van der Waals surface area contributed by atoms with E-state index < -0.39 is 0 Å². The topological polar surface area (TPSA) is 67.1 Å². The molecule has 27 heavy (non-hydrogen) atoms. The summed E-state index contributed by atoms with van der Waals surface area (Å²) in [5.74, 6) is 2.68. The highest BCUT2D eigenvalue weighted by Crippen LogP contribution is 2.17. The van der Waals surface area contributed by atoms with Gasteiger partial charge in [0.2, 0.25) is 0 Å². The molecule has 1 fully saturated rings. The fourth-order valence-corrected chi connectivity index (χ4v) is 3.69. The zero-order valence-corrected chi connectivity index (χ0v) is 17.0. The van der Waals surface area contributed by atoms with Crippen molar-refractivity contribution in [2.75, 3.05) is 6.54 Å². The SMILES string of the molecule is Cc1cc(C)cc(CCNC(=NCc2nnc(C)n2C)NC2CCCC2)c1. The number of hydrogen-bond donors (Lipinski definition) is 2. The zero-order valence-electron chi connectivity index (χ0n) is 17.0. The molecule has 0 spiro atoms. The molecule has 0 amide bonds. The van der Waals surface area contributed by atoms with Crippen molar-refractivity contribution in [1.82, 2.24) is 25.4 Å². The third kappa shape index (κ3) is 5.55. The number of benzene rings is 1. The van der Waals surface area contributed by atoms with Gasteiger partial charge in [-0.25, -0.2) is 4.99 Å². The average Bonchev–Trinajstić information content (AvgIpc) is 3.23. The Morgan fingerprint density at radius 2 is 1.81 bits per heavy atom. The zero-order chi connectivity index (χ0) is 19.2. The first-order valence-corrected chi connectivity index (χ1v) is 9.98. The second kappa shape index (κ2) is 9.02. The molecule has 1 aliphatic carbocycles. The van der Waals surface area contributed by atoms with Crippen LogP contribution in [0.1, 0.15) is 54.0 Å². The highest BCUT2D eigenvalue weighted by molar-refractivity contribution is 5.80. The second-order valence-corrected chi connectivity index (χ2v) is 7.69. The lowest BCUT2D eigenvalue weighted by Gasteiger charge is -2.17. The highest BCUT2D eigenvalue weighted by Gasteiger charge is 2.16. The van der Waals surface area contributed by atoms with E-state index in [1.807, 2.05) is 18.5 Å². The van der Waals surface area contributed by atoms with Crippen molar-refractivity contribution in [1.29, 1.82) is 0 Å². The Balaban J connectivity index is 1.61. The molecule has 0 bridgehead atoms. The minimum Gasteiger partial charge on any atom is -0.356 e. The summed E-state index contributed by atoms with van der Waals surface area (Å²) in [7, 11) is 1.98. The molecule has 146 valence electrons. The normalized spacial score (nSPS) is 15.3. The van der Waals surface area contributed by atoms with E-state index in [0.717, 1.165) is 30.6 Å². The Morgan fingerprint density at radius 1 is 1.11 bits per heavy atom. The largest absolute Gasteiger partial charge is 0.356 e. The first-order valence-electron chi connectivity index (χ1n) is 9.98. The highest BCUT2D eigenvalue weighted by atomic mass is 15.3. The number of nitrogens with zero attached hydrogens (tertiary/aromatic N) is 4. The van der Waals surface area contributed by atoms with E-state index in [1.54, 1.807) is 0 Å². The molecule has 0 atom stereocenters. The van der Waals surface area contributed by atoms with E-state index in [9.17, 15) is 0 Å². The molecule has 0 radical (unpaired) electrons. The van der Waals surface area contributed by atoms with Crippen LogP contribution >= 0.6 is 0 Å². The van der Waals surface area contributed by atoms with Gasteiger partial charge in [-0.15, -0.1) is 10.2 Å². The average molecular weight is 369 g/mol. The van der Waals surface area contributed by atoms with Gasteiger partial charge in [0.05, 0.1) is 0 Å². The van der Waals surface area contributed by atoms with E-state index in [0.29, 0.717) is 12.6 Å². The predicted octanol–water partition coefficient (Wildman–Crippen LogP) is 2.96. The van der Waals surface area contributed by atoms with E-state index >= 15 is 0 Å². The van der Waals surface area contributed by atoms with Crippen molar-refractivity contribution >= 4 is 5.96 Å². The van der Waals surface area contributed by atoms with E-state index in [1.165, 1.54) is 42.4 Å². The summed E-state index contributed by atoms with van der Waals surface area (Å²) >= 11 is 0. The summed E-state index contributed by atoms with van der Waals surface area (Å²) < 4.78 is 1.99. The molecule has 0 unspecified atom stereocenters. The fourth-order valence-electron chi connectivity index (χ4n) is 3.69. The summed E-state index contributed by atoms with van der Waals surface area (Å²) in [6.07, 6.45) is 6.03. The van der Waals surface area contributed by atoms with Crippen LogP contribution in [-0.2, 0) is 20.0 Å². The van der Waals surface area contributed by atoms with Gasteiger partial charge in [-0.1, -0.05) is 42.2 Å². The molecule has 3 rings (SSSR count). The third-order valence-corrected chi connectivity index (χ3v) is 5.24. The maximum atomic E-state index is 4.77. The summed E-state index contributed by atoms with van der Waals surface area (Å²) in [6.45, 7) is 7.66. The molecular weight excluding hydrogens is 336 g/mol. The molecule has 6 heteroatoms. The van der Waals surface area contributed by atoms with Crippen LogP contribution in [0.15, 0.2) is 23.2 Å². The minimum absolute atomic E-state index is 0.527. The maximum absolute atomic E-state index is 4.77. The van der Waals surface area contributed by atoms with Crippen molar-refractivity contribution in [3.8, 4) is 0 Å². The molecule has 2 N–H and O–H groups in total. The number of rotatable bonds is 6. The van der Waals surface area contributed by atoms with Crippen LogP contribution in [-0.4, -0.2) is 33.3 Å². The van der Waals surface area contributed by atoms with Gasteiger partial charge in [-0.05, 0) is 45.6 Å². The van der Waals surface area contributed by atoms with Crippen molar-refractivity contribution in [2.45, 2.75) is 65.5 Å². The first-order chi connectivity index (χ1) is 13.0. The van der Waals surface area contributed by atoms with Crippen molar-refractivity contribution in [3.05, 3.63) is 46.5 Å². The van der Waals surface area contributed by atoms with Crippen LogP contribution in [0.3, 0.4) is 0 Å². The van der Waals surface area contributed by atoms with Crippen molar-refractivity contribution in [3.63, 3.8) is 0 Å². The summed E-state index contributed by atoms with van der Waals surface area (Å²) in [5.41, 5.74) is 4.00. The van der Waals surface area contributed by atoms with Gasteiger partial charge < -0.3 is 15.2 Å². The van der Waals surface area contributed by atoms with E-state index in [2.05, 4.69) is 52.9 Å². The van der Waals surface area contributed by atoms with Crippen LogP contribution in [0, 0.1) is 20.8 Å². The summed E-state index contributed by atoms with van der Waals surface area (Å²) in [5, 5.41) is 15.5. The molecule has 1 heterocycles. The molecule has 2 aromatic rings. The number of nitrogens with one attached hydrogen (secondary N) is 2. The Kier molecular flexibility index (Phi) is 6.48. The summed E-state index contributed by atoms with van der Waals surface area (Å²) in [6, 6.07) is 7.27. The van der Waals surface area contributed by atoms with Gasteiger partial charge in [-0.2, -0.15) is 0 Å². The quantitative estimate of drug-likeness (QED) is 0.608. The number of aromatic nitrogens is 3. The molecule has 1 aromatic carbocycles. The molecule has 0 aliphatic heterocycles. The minimum atomic E-state index is 0.527. The van der Waals surface area contributed by atoms with Gasteiger partial charge >= 0.3 is 0 Å². The van der Waals surface area contributed by atoms with Gasteiger partial charge in [-0.3, -0.25) is 0 Å². The first kappa shape index (κ1) is 19.4. The van der Waals surface area contributed by atoms with Crippen molar-refractivity contribution in [2.24, 2.45) is 12.0 Å². The molecule has 6 nitrogen and oxygen atoms in total. The summed E-state index contributed by atoms with van der Waals surface area (Å²) in [4.78, 5) is 4.77. The Bertz CT molecular complexity index is 766. The third-order valence-electron chi connectivity index (χ3n) is 5.24. The van der Waals surface area contributed by atoms with Gasteiger partial charge in [0, 0.05) is 19.6 Å². The second-order valence-electron chi connectivity index (χ2n) is 7.69. The smallest absolute Gasteiger partial charge is 0.191 e. The lowest BCUT2D eigenvalue weighted by Crippen LogP contribution is -2.43. The van der Waals surface area contributed by atoms with Crippen LogP contribution in [0.4, 0.5) is 0 Å². The lowest BCUT2D eigenvalue weighted by atomic mass is 10.1. The number of aliphatic imine (C=N–C) groups is 1. The predicted molar refractivity (Wildman–Crippen MR) is 110 cm³/mol. The standard InChI is InChI=1S/C21H32N6/c1-15-11-16(2)13-18(12-15)9-10-22-21(24-19-7-5-6-8-19)23-14-20-26-25-17(3)27(20)4/h11-13,19H,5-10,14H2,1-4H3,(H2,22,23,24). The van der Waals surface area contributed by atoms with Gasteiger partial charge in [0.1, 0.15) is 12.4 Å². The molecule has 1 aliphatic rings. The van der Waals surface area contributed by atoms with Crippen LogP contribution in [0.25, 0.3) is 0 Å². The maximum Gasteiger partial charge on any atom is 0.191 e. The Morgan fingerprint density at radius 3 is 2.44 bits per heavy atom. The molecule has 1 aromatic heterocycles. The van der Waals surface area contributed by atoms with E-state index in [4.69, 9.17) is 4.99 Å². The Labute approximate surface area is 162 Å². The number of guanidine groups is 1. The van der Waals surface area contributed by atoms with Crippen LogP contribution in [0.5, 0.6) is 0 Å². The van der Waals surface area contributed by atoms with Crippen molar-refractivity contribution < 1.29 is 0 Å². The monoisotopic (exact) mass is 368 g/mol. The Hall–Kier alpha value is -2.37. The number of aryl methyl sites for hydroxylation is 3. The molecular formula is C21H32N6.